The molecule has 1 aliphatic carbocycles. The molecule has 2 aliphatic rings. The summed E-state index contributed by atoms with van der Waals surface area (Å²) in [5.74, 6) is 0. The Hall–Kier alpha value is -0.540. The lowest BCUT2D eigenvalue weighted by Gasteiger charge is -2.45. The lowest BCUT2D eigenvalue weighted by Crippen LogP contribution is -2.41. The third-order valence-corrected chi connectivity index (χ3v) is 6.26. The Bertz CT molecular complexity index is 482. The van der Waals surface area contributed by atoms with Gasteiger partial charge in [-0.15, -0.1) is 0 Å². The molecular formula is C18H27BrN2. The Balaban J connectivity index is 1.68. The Morgan fingerprint density at radius 1 is 1.10 bits per heavy atom. The van der Waals surface area contributed by atoms with E-state index in [1.54, 1.807) is 0 Å². The van der Waals surface area contributed by atoms with E-state index < -0.39 is 0 Å². The maximum Gasteiger partial charge on any atom is 0.0377 e. The second kappa shape index (κ2) is 6.29. The van der Waals surface area contributed by atoms with Crippen LogP contribution in [-0.4, -0.2) is 13.1 Å². The van der Waals surface area contributed by atoms with E-state index in [1.165, 1.54) is 69.3 Å². The van der Waals surface area contributed by atoms with Gasteiger partial charge >= 0.3 is 0 Å². The zero-order valence-corrected chi connectivity index (χ0v) is 14.7. The van der Waals surface area contributed by atoms with Crippen molar-refractivity contribution in [2.24, 2.45) is 11.1 Å². The van der Waals surface area contributed by atoms with Crippen molar-refractivity contribution < 1.29 is 0 Å². The molecule has 1 aliphatic heterocycles. The molecule has 0 bridgehead atoms. The Kier molecular flexibility index (Phi) is 4.60. The molecule has 0 aromatic heterocycles. The van der Waals surface area contributed by atoms with Crippen LogP contribution in [-0.2, 0) is 0 Å². The minimum Gasteiger partial charge on any atom is -0.371 e. The molecule has 1 saturated heterocycles. The fourth-order valence-electron chi connectivity index (χ4n) is 4.12. The van der Waals surface area contributed by atoms with Gasteiger partial charge in [0.25, 0.3) is 0 Å². The standard InChI is InChI=1S/C18H27BrN2/c1-14(20)16-6-5-15(13-17(16)19)21-11-9-18(10-12-21)7-3-2-4-8-18/h5-6,13-14H,2-4,7-12,20H2,1H3/t14-/m1/s1. The third kappa shape index (κ3) is 3.29. The van der Waals surface area contributed by atoms with Crippen molar-refractivity contribution in [3.63, 3.8) is 0 Å². The first kappa shape index (κ1) is 15.4. The molecule has 3 heteroatoms. The van der Waals surface area contributed by atoms with Gasteiger partial charge in [0.2, 0.25) is 0 Å². The normalized spacial score (nSPS) is 23.3. The van der Waals surface area contributed by atoms with Crippen molar-refractivity contribution in [1.29, 1.82) is 0 Å². The molecule has 1 aromatic rings. The second-order valence-electron chi connectivity index (χ2n) is 7.04. The summed E-state index contributed by atoms with van der Waals surface area (Å²) in [6, 6.07) is 6.75. The summed E-state index contributed by atoms with van der Waals surface area (Å²) in [6.07, 6.45) is 10.0. The van der Waals surface area contributed by atoms with E-state index in [0.29, 0.717) is 5.41 Å². The van der Waals surface area contributed by atoms with Gasteiger partial charge in [0, 0.05) is 29.3 Å². The summed E-state index contributed by atoms with van der Waals surface area (Å²) >= 11 is 3.68. The Labute approximate surface area is 137 Å². The smallest absolute Gasteiger partial charge is 0.0377 e. The fourth-order valence-corrected chi connectivity index (χ4v) is 4.85. The zero-order chi connectivity index (χ0) is 14.9. The molecule has 21 heavy (non-hydrogen) atoms. The lowest BCUT2D eigenvalue weighted by molar-refractivity contribution is 0.144. The molecule has 1 spiro atoms. The van der Waals surface area contributed by atoms with E-state index in [9.17, 15) is 0 Å². The molecule has 116 valence electrons. The van der Waals surface area contributed by atoms with E-state index in [0.717, 1.165) is 4.47 Å². The highest BCUT2D eigenvalue weighted by atomic mass is 79.9. The van der Waals surface area contributed by atoms with Gasteiger partial charge in [-0.3, -0.25) is 0 Å². The van der Waals surface area contributed by atoms with E-state index in [1.807, 2.05) is 6.92 Å². The van der Waals surface area contributed by atoms with Crippen LogP contribution >= 0.6 is 15.9 Å². The minimum atomic E-state index is 0.0836. The van der Waals surface area contributed by atoms with Gasteiger partial charge in [-0.2, -0.15) is 0 Å². The maximum absolute atomic E-state index is 5.99. The number of rotatable bonds is 2. The first-order valence-electron chi connectivity index (χ1n) is 8.40. The summed E-state index contributed by atoms with van der Waals surface area (Å²) in [6.45, 7) is 4.46. The van der Waals surface area contributed by atoms with Crippen LogP contribution in [0.25, 0.3) is 0 Å². The molecule has 1 atom stereocenters. The van der Waals surface area contributed by atoms with Crippen LogP contribution in [0.1, 0.15) is 63.5 Å². The van der Waals surface area contributed by atoms with Gasteiger partial charge in [0.15, 0.2) is 0 Å². The third-order valence-electron chi connectivity index (χ3n) is 5.58. The average molecular weight is 351 g/mol. The average Bonchev–Trinajstić information content (AvgIpc) is 2.48. The van der Waals surface area contributed by atoms with E-state index in [2.05, 4.69) is 39.0 Å². The summed E-state index contributed by atoms with van der Waals surface area (Å²) in [5.41, 5.74) is 9.21. The SMILES string of the molecule is C[C@@H](N)c1ccc(N2CCC3(CCCCC3)CC2)cc1Br. The molecule has 2 fully saturated rings. The number of anilines is 1. The number of hydrogen-bond acceptors (Lipinski definition) is 2. The number of piperidine rings is 1. The van der Waals surface area contributed by atoms with Crippen molar-refractivity contribution in [3.05, 3.63) is 28.2 Å². The van der Waals surface area contributed by atoms with Crippen LogP contribution in [0.4, 0.5) is 5.69 Å². The van der Waals surface area contributed by atoms with E-state index in [4.69, 9.17) is 5.73 Å². The predicted octanol–water partition coefficient (Wildman–Crippen LogP) is 5.02. The molecule has 1 saturated carbocycles. The van der Waals surface area contributed by atoms with Crippen LogP contribution < -0.4 is 10.6 Å². The van der Waals surface area contributed by atoms with Crippen LogP contribution in [0, 0.1) is 5.41 Å². The monoisotopic (exact) mass is 350 g/mol. The molecule has 1 aromatic carbocycles. The van der Waals surface area contributed by atoms with Crippen molar-refractivity contribution in [2.45, 2.75) is 57.9 Å². The summed E-state index contributed by atoms with van der Waals surface area (Å²) in [5, 5.41) is 0. The zero-order valence-electron chi connectivity index (χ0n) is 13.1. The maximum atomic E-state index is 5.99. The highest BCUT2D eigenvalue weighted by Gasteiger charge is 2.35. The predicted molar refractivity (Wildman–Crippen MR) is 93.7 cm³/mol. The largest absolute Gasteiger partial charge is 0.371 e. The van der Waals surface area contributed by atoms with Gasteiger partial charge < -0.3 is 10.6 Å². The fraction of sp³-hybridized carbons (Fsp3) is 0.667. The Morgan fingerprint density at radius 3 is 2.33 bits per heavy atom. The van der Waals surface area contributed by atoms with E-state index >= 15 is 0 Å². The summed E-state index contributed by atoms with van der Waals surface area (Å²) in [4.78, 5) is 2.55. The number of halogens is 1. The van der Waals surface area contributed by atoms with Gasteiger partial charge in [0.1, 0.15) is 0 Å². The molecular weight excluding hydrogens is 324 g/mol. The van der Waals surface area contributed by atoms with Gasteiger partial charge in [-0.1, -0.05) is 41.3 Å². The second-order valence-corrected chi connectivity index (χ2v) is 7.90. The summed E-state index contributed by atoms with van der Waals surface area (Å²) < 4.78 is 1.15. The van der Waals surface area contributed by atoms with Gasteiger partial charge in [-0.25, -0.2) is 0 Å². The molecule has 2 nitrogen and oxygen atoms in total. The lowest BCUT2D eigenvalue weighted by atomic mass is 9.68. The van der Waals surface area contributed by atoms with Gasteiger partial charge in [0.05, 0.1) is 0 Å². The molecule has 2 N–H and O–H groups in total. The van der Waals surface area contributed by atoms with Crippen LogP contribution in [0.5, 0.6) is 0 Å². The van der Waals surface area contributed by atoms with Crippen molar-refractivity contribution in [1.82, 2.24) is 0 Å². The molecule has 0 radical (unpaired) electrons. The van der Waals surface area contributed by atoms with Gasteiger partial charge in [-0.05, 0) is 55.7 Å². The first-order valence-corrected chi connectivity index (χ1v) is 9.19. The van der Waals surface area contributed by atoms with Crippen molar-refractivity contribution in [2.75, 3.05) is 18.0 Å². The number of nitrogens with zero attached hydrogens (tertiary/aromatic N) is 1. The molecule has 1 heterocycles. The molecule has 3 rings (SSSR count). The van der Waals surface area contributed by atoms with Crippen LogP contribution in [0.2, 0.25) is 0 Å². The van der Waals surface area contributed by atoms with E-state index in [-0.39, 0.29) is 6.04 Å². The Morgan fingerprint density at radius 2 is 1.76 bits per heavy atom. The first-order chi connectivity index (χ1) is 10.1. The topological polar surface area (TPSA) is 29.3 Å². The number of nitrogens with two attached hydrogens (primary N) is 1. The van der Waals surface area contributed by atoms with Crippen LogP contribution in [0.3, 0.4) is 0 Å². The molecule has 0 amide bonds. The number of hydrogen-bond donors (Lipinski definition) is 1. The highest BCUT2D eigenvalue weighted by Crippen LogP contribution is 2.45. The summed E-state index contributed by atoms with van der Waals surface area (Å²) in [7, 11) is 0. The van der Waals surface area contributed by atoms with Crippen molar-refractivity contribution in [3.8, 4) is 0 Å². The van der Waals surface area contributed by atoms with Crippen LogP contribution in [0.15, 0.2) is 22.7 Å². The molecule has 0 unspecified atom stereocenters. The highest BCUT2D eigenvalue weighted by molar-refractivity contribution is 9.10. The quantitative estimate of drug-likeness (QED) is 0.811. The van der Waals surface area contributed by atoms with Crippen molar-refractivity contribution >= 4 is 21.6 Å². The number of benzene rings is 1. The minimum absolute atomic E-state index is 0.0836.